The van der Waals surface area contributed by atoms with E-state index >= 15 is 0 Å². The Labute approximate surface area is 122 Å². The number of benzene rings is 1. The molecule has 1 fully saturated rings. The first kappa shape index (κ1) is 15.3. The highest BCUT2D eigenvalue weighted by molar-refractivity contribution is 5.30. The highest BCUT2D eigenvalue weighted by Crippen LogP contribution is 2.40. The Morgan fingerprint density at radius 3 is 2.05 bits per heavy atom. The Kier molecular flexibility index (Phi) is 5.44. The third kappa shape index (κ3) is 3.15. The van der Waals surface area contributed by atoms with E-state index in [1.54, 1.807) is 7.11 Å². The van der Waals surface area contributed by atoms with E-state index in [9.17, 15) is 0 Å². The maximum atomic E-state index is 6.03. The standard InChI is InChI=1S/C17H27NO2/c1-18-16(14-8-10-15(19-2)11-9-14)17(20-3)12-6-4-5-7-13-17/h8-11,16,18H,4-7,12-13H2,1-3H3. The van der Waals surface area contributed by atoms with E-state index in [4.69, 9.17) is 9.47 Å². The molecule has 0 heterocycles. The lowest BCUT2D eigenvalue weighted by Crippen LogP contribution is -2.44. The molecular formula is C17H27NO2. The number of likely N-dealkylation sites (N-methyl/N-ethyl adjacent to an activating group) is 1. The van der Waals surface area contributed by atoms with Crippen molar-refractivity contribution < 1.29 is 9.47 Å². The topological polar surface area (TPSA) is 30.5 Å². The zero-order valence-corrected chi connectivity index (χ0v) is 12.9. The van der Waals surface area contributed by atoms with Crippen LogP contribution in [0.25, 0.3) is 0 Å². The molecule has 1 N–H and O–H groups in total. The van der Waals surface area contributed by atoms with Gasteiger partial charge in [-0.25, -0.2) is 0 Å². The Balaban J connectivity index is 2.27. The van der Waals surface area contributed by atoms with Crippen LogP contribution in [0.4, 0.5) is 0 Å². The molecule has 1 aromatic carbocycles. The van der Waals surface area contributed by atoms with Crippen molar-refractivity contribution >= 4 is 0 Å². The minimum atomic E-state index is -0.0835. The van der Waals surface area contributed by atoms with Gasteiger partial charge in [0.1, 0.15) is 5.75 Å². The molecule has 1 aliphatic rings. The van der Waals surface area contributed by atoms with E-state index in [2.05, 4.69) is 17.4 Å². The van der Waals surface area contributed by atoms with E-state index in [1.807, 2.05) is 26.3 Å². The van der Waals surface area contributed by atoms with Crippen molar-refractivity contribution in [3.63, 3.8) is 0 Å². The van der Waals surface area contributed by atoms with Gasteiger partial charge in [-0.2, -0.15) is 0 Å². The van der Waals surface area contributed by atoms with Gasteiger partial charge >= 0.3 is 0 Å². The molecule has 2 rings (SSSR count). The van der Waals surface area contributed by atoms with E-state index in [-0.39, 0.29) is 11.6 Å². The zero-order chi connectivity index (χ0) is 14.4. The van der Waals surface area contributed by atoms with Gasteiger partial charge in [0.25, 0.3) is 0 Å². The summed E-state index contributed by atoms with van der Waals surface area (Å²) >= 11 is 0. The molecule has 1 saturated carbocycles. The van der Waals surface area contributed by atoms with Crippen LogP contribution in [0.2, 0.25) is 0 Å². The molecule has 1 unspecified atom stereocenters. The smallest absolute Gasteiger partial charge is 0.118 e. The van der Waals surface area contributed by atoms with Crippen LogP contribution in [0.1, 0.15) is 50.1 Å². The molecule has 20 heavy (non-hydrogen) atoms. The van der Waals surface area contributed by atoms with Crippen molar-refractivity contribution in [3.05, 3.63) is 29.8 Å². The minimum Gasteiger partial charge on any atom is -0.497 e. The van der Waals surface area contributed by atoms with Gasteiger partial charge in [0, 0.05) is 7.11 Å². The van der Waals surface area contributed by atoms with E-state index < -0.39 is 0 Å². The molecule has 0 amide bonds. The highest BCUT2D eigenvalue weighted by Gasteiger charge is 2.39. The van der Waals surface area contributed by atoms with Crippen LogP contribution in [0, 0.1) is 0 Å². The fourth-order valence-electron chi connectivity index (χ4n) is 3.47. The predicted octanol–water partition coefficient (Wildman–Crippen LogP) is 3.70. The maximum Gasteiger partial charge on any atom is 0.118 e. The first-order valence-electron chi connectivity index (χ1n) is 7.62. The second-order valence-electron chi connectivity index (χ2n) is 5.68. The first-order chi connectivity index (χ1) is 9.75. The monoisotopic (exact) mass is 277 g/mol. The second kappa shape index (κ2) is 7.09. The molecule has 0 aromatic heterocycles. The van der Waals surface area contributed by atoms with Crippen LogP contribution < -0.4 is 10.1 Å². The number of hydrogen-bond acceptors (Lipinski definition) is 3. The van der Waals surface area contributed by atoms with Crippen LogP contribution >= 0.6 is 0 Å². The van der Waals surface area contributed by atoms with Gasteiger partial charge in [0.05, 0.1) is 18.8 Å². The summed E-state index contributed by atoms with van der Waals surface area (Å²) in [5.41, 5.74) is 1.19. The van der Waals surface area contributed by atoms with E-state index in [1.165, 1.54) is 31.2 Å². The second-order valence-corrected chi connectivity index (χ2v) is 5.68. The van der Waals surface area contributed by atoms with Crippen molar-refractivity contribution in [2.45, 2.75) is 50.2 Å². The zero-order valence-electron chi connectivity index (χ0n) is 12.9. The van der Waals surface area contributed by atoms with Gasteiger partial charge in [-0.3, -0.25) is 0 Å². The van der Waals surface area contributed by atoms with Gasteiger partial charge in [-0.15, -0.1) is 0 Å². The summed E-state index contributed by atoms with van der Waals surface area (Å²) in [6.45, 7) is 0. The Morgan fingerprint density at radius 2 is 1.60 bits per heavy atom. The number of nitrogens with one attached hydrogen (secondary N) is 1. The minimum absolute atomic E-state index is 0.0835. The Hall–Kier alpha value is -1.06. The number of ether oxygens (including phenoxy) is 2. The summed E-state index contributed by atoms with van der Waals surface area (Å²) < 4.78 is 11.3. The molecule has 3 heteroatoms. The van der Waals surface area contributed by atoms with Crippen LogP contribution in [0.3, 0.4) is 0 Å². The lowest BCUT2D eigenvalue weighted by atomic mass is 9.82. The summed E-state index contributed by atoms with van der Waals surface area (Å²) in [6.07, 6.45) is 7.40. The predicted molar refractivity (Wildman–Crippen MR) is 82.2 cm³/mol. The van der Waals surface area contributed by atoms with Gasteiger partial charge in [0.2, 0.25) is 0 Å². The SMILES string of the molecule is CNC(c1ccc(OC)cc1)C1(OC)CCCCCC1. The summed E-state index contributed by atoms with van der Waals surface area (Å²) in [5.74, 6) is 0.899. The molecule has 1 aliphatic carbocycles. The molecule has 0 radical (unpaired) electrons. The molecule has 112 valence electrons. The number of methoxy groups -OCH3 is 2. The molecule has 0 saturated heterocycles. The van der Waals surface area contributed by atoms with Crippen LogP contribution in [0.5, 0.6) is 5.75 Å². The van der Waals surface area contributed by atoms with E-state index in [0.717, 1.165) is 18.6 Å². The van der Waals surface area contributed by atoms with Gasteiger partial charge < -0.3 is 14.8 Å². The normalized spacial score (nSPS) is 20.1. The Bertz CT molecular complexity index is 394. The van der Waals surface area contributed by atoms with Crippen molar-refractivity contribution in [2.75, 3.05) is 21.3 Å². The average molecular weight is 277 g/mol. The number of rotatable bonds is 5. The van der Waals surface area contributed by atoms with Crippen molar-refractivity contribution in [1.29, 1.82) is 0 Å². The first-order valence-corrected chi connectivity index (χ1v) is 7.62. The van der Waals surface area contributed by atoms with Gasteiger partial charge in [-0.1, -0.05) is 37.8 Å². The quantitative estimate of drug-likeness (QED) is 0.833. The lowest BCUT2D eigenvalue weighted by molar-refractivity contribution is -0.0522. The number of hydrogen-bond donors (Lipinski definition) is 1. The van der Waals surface area contributed by atoms with Crippen LogP contribution in [-0.4, -0.2) is 26.9 Å². The molecule has 1 aromatic rings. The molecular weight excluding hydrogens is 250 g/mol. The molecule has 0 aliphatic heterocycles. The van der Waals surface area contributed by atoms with E-state index in [0.29, 0.717) is 0 Å². The average Bonchev–Trinajstić information content (AvgIpc) is 2.75. The van der Waals surface area contributed by atoms with Crippen molar-refractivity contribution in [3.8, 4) is 5.75 Å². The third-order valence-electron chi connectivity index (χ3n) is 4.62. The summed E-state index contributed by atoms with van der Waals surface area (Å²) in [7, 11) is 5.59. The molecule has 1 atom stereocenters. The van der Waals surface area contributed by atoms with Crippen molar-refractivity contribution in [2.24, 2.45) is 0 Å². The Morgan fingerprint density at radius 1 is 1.00 bits per heavy atom. The summed E-state index contributed by atoms with van der Waals surface area (Å²) in [6, 6.07) is 8.58. The highest BCUT2D eigenvalue weighted by atomic mass is 16.5. The summed E-state index contributed by atoms with van der Waals surface area (Å²) in [4.78, 5) is 0. The van der Waals surface area contributed by atoms with Gasteiger partial charge in [-0.05, 0) is 37.6 Å². The van der Waals surface area contributed by atoms with Crippen LogP contribution in [0.15, 0.2) is 24.3 Å². The third-order valence-corrected chi connectivity index (χ3v) is 4.62. The lowest BCUT2D eigenvalue weighted by Gasteiger charge is -2.39. The largest absolute Gasteiger partial charge is 0.497 e. The molecule has 3 nitrogen and oxygen atoms in total. The fourth-order valence-corrected chi connectivity index (χ4v) is 3.47. The molecule has 0 bridgehead atoms. The van der Waals surface area contributed by atoms with Gasteiger partial charge in [0.15, 0.2) is 0 Å². The summed E-state index contributed by atoms with van der Waals surface area (Å²) in [5, 5.41) is 3.48. The van der Waals surface area contributed by atoms with Crippen LogP contribution in [-0.2, 0) is 4.74 Å². The molecule has 0 spiro atoms. The maximum absolute atomic E-state index is 6.03. The van der Waals surface area contributed by atoms with Crippen molar-refractivity contribution in [1.82, 2.24) is 5.32 Å². The fraction of sp³-hybridized carbons (Fsp3) is 0.647.